The molecule has 0 atom stereocenters. The Bertz CT molecular complexity index is 1060. The highest BCUT2D eigenvalue weighted by atomic mass is 35.5. The van der Waals surface area contributed by atoms with Crippen LogP contribution in [0, 0.1) is 0 Å². The third-order valence-corrected chi connectivity index (χ3v) is 6.82. The van der Waals surface area contributed by atoms with E-state index in [4.69, 9.17) is 11.6 Å². The zero-order valence-electron chi connectivity index (χ0n) is 18.8. The van der Waals surface area contributed by atoms with Crippen LogP contribution in [0.5, 0.6) is 0 Å². The summed E-state index contributed by atoms with van der Waals surface area (Å²) in [5.74, 6) is -0.153. The van der Waals surface area contributed by atoms with E-state index < -0.39 is 0 Å². The van der Waals surface area contributed by atoms with Gasteiger partial charge in [-0.2, -0.15) is 0 Å². The molecule has 0 unspecified atom stereocenters. The number of rotatable bonds is 6. The molecule has 1 aromatic carbocycles. The molecule has 3 aliphatic rings. The van der Waals surface area contributed by atoms with Gasteiger partial charge in [-0.1, -0.05) is 23.7 Å². The van der Waals surface area contributed by atoms with Gasteiger partial charge in [0.05, 0.1) is 5.69 Å². The smallest absolute Gasteiger partial charge is 0.322 e. The van der Waals surface area contributed by atoms with E-state index >= 15 is 0 Å². The summed E-state index contributed by atoms with van der Waals surface area (Å²) in [6.45, 7) is 7.65. The number of fused-ring (bicyclic) bond motifs is 1. The average Bonchev–Trinajstić information content (AvgIpc) is 3.63. The van der Waals surface area contributed by atoms with E-state index in [1.165, 1.54) is 5.56 Å². The minimum Gasteiger partial charge on any atom is -0.366 e. The van der Waals surface area contributed by atoms with Gasteiger partial charge in [0.25, 0.3) is 5.91 Å². The minimum atomic E-state index is -0.153. The molecule has 1 aliphatic carbocycles. The molecule has 174 valence electrons. The molecule has 33 heavy (non-hydrogen) atoms. The summed E-state index contributed by atoms with van der Waals surface area (Å²) < 4.78 is 0. The first kappa shape index (κ1) is 22.0. The molecule has 1 saturated heterocycles. The lowest BCUT2D eigenvalue weighted by molar-refractivity contribution is 0.0946. The molecule has 5 rings (SSSR count). The maximum Gasteiger partial charge on any atom is 0.322 e. The number of amides is 3. The number of piperazine rings is 1. The van der Waals surface area contributed by atoms with Crippen molar-refractivity contribution in [1.29, 1.82) is 0 Å². The van der Waals surface area contributed by atoms with Gasteiger partial charge in [-0.05, 0) is 49.1 Å². The number of benzene rings is 1. The Kier molecular flexibility index (Phi) is 6.12. The molecule has 2 fully saturated rings. The van der Waals surface area contributed by atoms with Crippen molar-refractivity contribution in [2.75, 3.05) is 42.9 Å². The Labute approximate surface area is 198 Å². The monoisotopic (exact) mass is 468 g/mol. The van der Waals surface area contributed by atoms with Crippen LogP contribution in [0.4, 0.5) is 16.2 Å². The van der Waals surface area contributed by atoms with Crippen molar-refractivity contribution in [2.24, 2.45) is 0 Å². The van der Waals surface area contributed by atoms with Gasteiger partial charge in [0.15, 0.2) is 5.15 Å². The maximum atomic E-state index is 12.2. The van der Waals surface area contributed by atoms with E-state index in [1.54, 1.807) is 11.0 Å². The van der Waals surface area contributed by atoms with Crippen LogP contribution in [0.1, 0.15) is 41.4 Å². The molecule has 0 radical (unpaired) electrons. The average molecular weight is 469 g/mol. The van der Waals surface area contributed by atoms with Crippen LogP contribution in [0.25, 0.3) is 0 Å². The van der Waals surface area contributed by atoms with Gasteiger partial charge in [0, 0.05) is 57.5 Å². The number of urea groups is 1. The lowest BCUT2D eigenvalue weighted by Crippen LogP contribution is -2.46. The molecule has 2 aromatic rings. The molecule has 1 saturated carbocycles. The van der Waals surface area contributed by atoms with E-state index in [9.17, 15) is 9.59 Å². The Morgan fingerprint density at radius 3 is 2.67 bits per heavy atom. The van der Waals surface area contributed by atoms with Crippen LogP contribution in [-0.4, -0.2) is 65.5 Å². The fourth-order valence-corrected chi connectivity index (χ4v) is 4.66. The van der Waals surface area contributed by atoms with E-state index in [0.29, 0.717) is 30.0 Å². The van der Waals surface area contributed by atoms with E-state index in [1.807, 2.05) is 13.0 Å². The van der Waals surface area contributed by atoms with Crippen LogP contribution >= 0.6 is 11.6 Å². The van der Waals surface area contributed by atoms with Gasteiger partial charge in [0.1, 0.15) is 5.69 Å². The maximum absolute atomic E-state index is 12.2. The van der Waals surface area contributed by atoms with E-state index in [0.717, 1.165) is 62.5 Å². The van der Waals surface area contributed by atoms with Crippen LogP contribution in [0.2, 0.25) is 5.15 Å². The fraction of sp³-hybridized carbons (Fsp3) is 0.458. The Balaban J connectivity index is 1.17. The van der Waals surface area contributed by atoms with E-state index in [2.05, 4.69) is 43.6 Å². The molecular formula is C24H29ClN6O2. The van der Waals surface area contributed by atoms with Crippen LogP contribution < -0.4 is 15.5 Å². The number of hydrogen-bond donors (Lipinski definition) is 2. The molecule has 0 bridgehead atoms. The number of aromatic nitrogens is 1. The quantitative estimate of drug-likeness (QED) is 0.636. The van der Waals surface area contributed by atoms with Gasteiger partial charge in [-0.3, -0.25) is 9.69 Å². The van der Waals surface area contributed by atoms with Crippen LogP contribution in [0.15, 0.2) is 30.3 Å². The molecule has 3 amide bonds. The number of anilines is 2. The highest BCUT2D eigenvalue weighted by Gasteiger charge is 2.26. The predicted molar refractivity (Wildman–Crippen MR) is 129 cm³/mol. The zero-order valence-corrected chi connectivity index (χ0v) is 19.6. The molecule has 0 spiro atoms. The Hall–Kier alpha value is -2.84. The van der Waals surface area contributed by atoms with Gasteiger partial charge in [0.2, 0.25) is 0 Å². The summed E-state index contributed by atoms with van der Waals surface area (Å²) >= 11 is 6.44. The van der Waals surface area contributed by atoms with Crippen molar-refractivity contribution in [2.45, 2.75) is 38.9 Å². The van der Waals surface area contributed by atoms with Crippen LogP contribution in [0.3, 0.4) is 0 Å². The van der Waals surface area contributed by atoms with Gasteiger partial charge < -0.3 is 20.4 Å². The Morgan fingerprint density at radius 2 is 1.97 bits per heavy atom. The van der Waals surface area contributed by atoms with Crippen molar-refractivity contribution in [3.05, 3.63) is 52.3 Å². The number of pyridine rings is 1. The summed E-state index contributed by atoms with van der Waals surface area (Å²) in [5.41, 5.74) is 4.51. The normalized spacial score (nSPS) is 18.7. The van der Waals surface area contributed by atoms with Crippen molar-refractivity contribution in [3.63, 3.8) is 0 Å². The van der Waals surface area contributed by atoms with Crippen molar-refractivity contribution in [1.82, 2.24) is 20.1 Å². The number of carbonyl (C=O) groups excluding carboxylic acids is 2. The molecule has 3 heterocycles. The highest BCUT2D eigenvalue weighted by molar-refractivity contribution is 6.32. The molecule has 1 aromatic heterocycles. The third-order valence-electron chi connectivity index (χ3n) is 6.54. The second kappa shape index (κ2) is 9.19. The largest absolute Gasteiger partial charge is 0.366 e. The second-order valence-corrected chi connectivity index (χ2v) is 9.31. The van der Waals surface area contributed by atoms with Gasteiger partial charge >= 0.3 is 6.03 Å². The van der Waals surface area contributed by atoms with Gasteiger partial charge in [-0.25, -0.2) is 9.78 Å². The summed E-state index contributed by atoms with van der Waals surface area (Å²) in [4.78, 5) is 35.1. The molecule has 2 N–H and O–H groups in total. The summed E-state index contributed by atoms with van der Waals surface area (Å²) in [6, 6.07) is 10.3. The first-order valence-corrected chi connectivity index (χ1v) is 12.0. The number of carbonyl (C=O) groups is 2. The Morgan fingerprint density at radius 1 is 1.18 bits per heavy atom. The molecule has 8 nitrogen and oxygen atoms in total. The third kappa shape index (κ3) is 4.91. The topological polar surface area (TPSA) is 80.8 Å². The van der Waals surface area contributed by atoms with E-state index in [-0.39, 0.29) is 11.9 Å². The highest BCUT2D eigenvalue weighted by Crippen LogP contribution is 2.28. The molecule has 2 aliphatic heterocycles. The SMILES string of the molecule is CCN1Cc2ccc(CN3CCN(c4ccc(C(=O)NC5CC5)nc4Cl)CC3)cc2NC1=O. The molecule has 9 heteroatoms. The minimum absolute atomic E-state index is 0.0303. The first-order chi connectivity index (χ1) is 16.0. The lowest BCUT2D eigenvalue weighted by atomic mass is 10.1. The van der Waals surface area contributed by atoms with Crippen molar-refractivity contribution >= 4 is 34.9 Å². The fourth-order valence-electron chi connectivity index (χ4n) is 4.38. The summed E-state index contributed by atoms with van der Waals surface area (Å²) in [6.07, 6.45) is 2.08. The predicted octanol–water partition coefficient (Wildman–Crippen LogP) is 3.32. The zero-order chi connectivity index (χ0) is 22.9. The summed E-state index contributed by atoms with van der Waals surface area (Å²) in [5, 5.41) is 6.33. The van der Waals surface area contributed by atoms with Gasteiger partial charge in [-0.15, -0.1) is 0 Å². The molecular weight excluding hydrogens is 440 g/mol. The number of hydrogen-bond acceptors (Lipinski definition) is 5. The number of nitrogens with zero attached hydrogens (tertiary/aromatic N) is 4. The standard InChI is InChI=1S/C24H29ClN6O2/c1-2-30-15-17-4-3-16(13-20(17)28-24(30)33)14-29-9-11-31(12-10-29)21-8-7-19(27-22(21)25)23(32)26-18-5-6-18/h3-4,7-8,13,18H,2,5-6,9-12,14-15H2,1H3,(H,26,32)(H,28,33). The lowest BCUT2D eigenvalue weighted by Gasteiger charge is -2.36. The van der Waals surface area contributed by atoms with Crippen molar-refractivity contribution < 1.29 is 9.59 Å². The second-order valence-electron chi connectivity index (χ2n) is 8.95. The summed E-state index contributed by atoms with van der Waals surface area (Å²) in [7, 11) is 0. The first-order valence-electron chi connectivity index (χ1n) is 11.6. The number of nitrogens with one attached hydrogen (secondary N) is 2. The van der Waals surface area contributed by atoms with Crippen LogP contribution in [-0.2, 0) is 13.1 Å². The van der Waals surface area contributed by atoms with Crippen molar-refractivity contribution in [3.8, 4) is 0 Å². The number of halogens is 1.